The first-order valence-electron chi connectivity index (χ1n) is 12.7. The first-order chi connectivity index (χ1) is 17.7. The lowest BCUT2D eigenvalue weighted by Gasteiger charge is -2.37. The normalized spacial score (nSPS) is 14.9. The number of hydrogen-bond donors (Lipinski definition) is 0. The molecule has 0 bridgehead atoms. The minimum atomic E-state index is 0.184. The van der Waals surface area contributed by atoms with Gasteiger partial charge in [0, 0.05) is 49.1 Å². The van der Waals surface area contributed by atoms with E-state index in [0.29, 0.717) is 18.7 Å². The van der Waals surface area contributed by atoms with E-state index >= 15 is 0 Å². The number of benzene rings is 2. The number of fused-ring (bicyclic) bond motifs is 1. The molecule has 0 N–H and O–H groups in total. The van der Waals surface area contributed by atoms with Gasteiger partial charge in [-0.05, 0) is 41.2 Å². The number of aldehydes is 1. The van der Waals surface area contributed by atoms with Crippen molar-refractivity contribution in [3.63, 3.8) is 0 Å². The summed E-state index contributed by atoms with van der Waals surface area (Å²) in [7, 11) is 0. The van der Waals surface area contributed by atoms with Crippen LogP contribution in [0.5, 0.6) is 0 Å². The van der Waals surface area contributed by atoms with Crippen molar-refractivity contribution in [3.05, 3.63) is 77.7 Å². The maximum atomic E-state index is 12.8. The van der Waals surface area contributed by atoms with Gasteiger partial charge in [-0.25, -0.2) is 9.50 Å². The summed E-state index contributed by atoms with van der Waals surface area (Å²) in [6, 6.07) is 15.9. The molecular weight excluding hydrogens is 462 g/mol. The van der Waals surface area contributed by atoms with Gasteiger partial charge in [0.05, 0.1) is 17.8 Å². The monoisotopic (exact) mass is 495 g/mol. The van der Waals surface area contributed by atoms with Crippen molar-refractivity contribution in [1.82, 2.24) is 24.4 Å². The van der Waals surface area contributed by atoms with E-state index in [2.05, 4.69) is 66.9 Å². The molecule has 0 unspecified atom stereocenters. The van der Waals surface area contributed by atoms with Crippen LogP contribution in [0.4, 0.5) is 0 Å². The molecule has 0 aliphatic carbocycles. The summed E-state index contributed by atoms with van der Waals surface area (Å²) in [5.41, 5.74) is 7.92. The molecule has 0 saturated carbocycles. The molecule has 2 aromatic heterocycles. The molecule has 1 aliphatic rings. The molecule has 1 saturated heterocycles. The number of piperazine rings is 1. The minimum absolute atomic E-state index is 0.184. The Bertz CT molecular complexity index is 1450. The third-order valence-electron chi connectivity index (χ3n) is 6.86. The van der Waals surface area contributed by atoms with E-state index in [0.717, 1.165) is 64.9 Å². The Morgan fingerprint density at radius 3 is 2.41 bits per heavy atom. The number of aromatic nitrogens is 3. The third-order valence-corrected chi connectivity index (χ3v) is 6.86. The van der Waals surface area contributed by atoms with Crippen LogP contribution in [0.25, 0.3) is 27.9 Å². The van der Waals surface area contributed by atoms with Crippen LogP contribution in [-0.4, -0.2) is 62.8 Å². The van der Waals surface area contributed by atoms with Crippen molar-refractivity contribution >= 4 is 17.7 Å². The lowest BCUT2D eigenvalue weighted by atomic mass is 9.95. The van der Waals surface area contributed by atoms with E-state index in [1.54, 1.807) is 6.33 Å². The minimum Gasteiger partial charge on any atom is -0.336 e. The maximum absolute atomic E-state index is 12.8. The van der Waals surface area contributed by atoms with Gasteiger partial charge in [-0.15, -0.1) is 0 Å². The fourth-order valence-corrected chi connectivity index (χ4v) is 5.02. The fraction of sp³-hybridized carbons (Fsp3) is 0.333. The molecule has 5 rings (SSSR count). The van der Waals surface area contributed by atoms with Gasteiger partial charge in [0.25, 0.3) is 0 Å². The van der Waals surface area contributed by atoms with Crippen LogP contribution in [0.3, 0.4) is 0 Å². The van der Waals surface area contributed by atoms with Gasteiger partial charge < -0.3 is 4.90 Å². The topological polar surface area (TPSA) is 70.8 Å². The molecule has 1 aliphatic heterocycles. The van der Waals surface area contributed by atoms with E-state index < -0.39 is 0 Å². The zero-order valence-electron chi connectivity index (χ0n) is 21.9. The second kappa shape index (κ2) is 9.90. The molecule has 4 aromatic rings. The molecule has 7 heteroatoms. The van der Waals surface area contributed by atoms with E-state index in [4.69, 9.17) is 0 Å². The van der Waals surface area contributed by atoms with Crippen LogP contribution in [0.1, 0.15) is 42.3 Å². The molecule has 2 aromatic carbocycles. The van der Waals surface area contributed by atoms with Gasteiger partial charge in [0.15, 0.2) is 0 Å². The average molecular weight is 496 g/mol. The third kappa shape index (κ3) is 5.47. The molecule has 0 atom stereocenters. The number of rotatable bonds is 6. The standard InChI is InChI=1S/C30H33N5O2/c1-21-13-24(9-10-25(21)15-34-12-11-33(17-28(34)37)19-30(2,3)4)29-27-14-26(16-35(27)32-20-31-29)23-7-5-22(18-36)6-8-23/h5-10,13-14,16,18,20H,11-12,15,17,19H2,1-4H3. The van der Waals surface area contributed by atoms with Crippen molar-refractivity contribution in [2.45, 2.75) is 34.2 Å². The zero-order valence-corrected chi connectivity index (χ0v) is 21.9. The SMILES string of the molecule is Cc1cc(-c2ncnn3cc(-c4ccc(C=O)cc4)cc23)ccc1CN1CCN(CC(C)(C)C)CC1=O. The average Bonchev–Trinajstić information content (AvgIpc) is 3.30. The van der Waals surface area contributed by atoms with Crippen LogP contribution >= 0.6 is 0 Å². The van der Waals surface area contributed by atoms with Gasteiger partial charge in [-0.3, -0.25) is 14.5 Å². The van der Waals surface area contributed by atoms with Crippen LogP contribution in [0, 0.1) is 12.3 Å². The highest BCUT2D eigenvalue weighted by Gasteiger charge is 2.27. The smallest absolute Gasteiger partial charge is 0.237 e. The molecular formula is C30H33N5O2. The summed E-state index contributed by atoms with van der Waals surface area (Å²) >= 11 is 0. The van der Waals surface area contributed by atoms with Crippen LogP contribution in [0.15, 0.2) is 61.1 Å². The number of nitrogens with zero attached hydrogens (tertiary/aromatic N) is 5. The Labute approximate surface area is 217 Å². The van der Waals surface area contributed by atoms with Crippen LogP contribution in [-0.2, 0) is 11.3 Å². The number of aryl methyl sites for hydroxylation is 1. The molecule has 37 heavy (non-hydrogen) atoms. The summed E-state index contributed by atoms with van der Waals surface area (Å²) in [4.78, 5) is 32.7. The van der Waals surface area contributed by atoms with Gasteiger partial charge >= 0.3 is 0 Å². The Hall–Kier alpha value is -3.84. The highest BCUT2D eigenvalue weighted by Crippen LogP contribution is 2.29. The molecule has 1 amide bonds. The Kier molecular flexibility index (Phi) is 6.65. The van der Waals surface area contributed by atoms with E-state index in [1.165, 1.54) is 0 Å². The number of amides is 1. The Balaban J connectivity index is 1.35. The van der Waals surface area contributed by atoms with Crippen molar-refractivity contribution in [3.8, 4) is 22.4 Å². The Morgan fingerprint density at radius 2 is 1.73 bits per heavy atom. The number of carbonyl (C=O) groups excluding carboxylic acids is 2. The summed E-state index contributed by atoms with van der Waals surface area (Å²) < 4.78 is 1.84. The number of carbonyl (C=O) groups is 2. The van der Waals surface area contributed by atoms with Crippen LogP contribution in [0.2, 0.25) is 0 Å². The van der Waals surface area contributed by atoms with Crippen LogP contribution < -0.4 is 0 Å². The van der Waals surface area contributed by atoms with Crippen molar-refractivity contribution < 1.29 is 9.59 Å². The lowest BCUT2D eigenvalue weighted by Crippen LogP contribution is -2.51. The quantitative estimate of drug-likeness (QED) is 0.357. The van der Waals surface area contributed by atoms with Gasteiger partial charge in [-0.1, -0.05) is 57.2 Å². The van der Waals surface area contributed by atoms with Crippen molar-refractivity contribution in [2.75, 3.05) is 26.2 Å². The van der Waals surface area contributed by atoms with E-state index in [9.17, 15) is 9.59 Å². The van der Waals surface area contributed by atoms with Gasteiger partial charge in [-0.2, -0.15) is 5.10 Å². The molecule has 1 fully saturated rings. The lowest BCUT2D eigenvalue weighted by molar-refractivity contribution is -0.137. The second-order valence-electron chi connectivity index (χ2n) is 11.1. The molecule has 190 valence electrons. The first-order valence-corrected chi connectivity index (χ1v) is 12.7. The summed E-state index contributed by atoms with van der Waals surface area (Å²) in [5.74, 6) is 0.193. The maximum Gasteiger partial charge on any atom is 0.237 e. The highest BCUT2D eigenvalue weighted by molar-refractivity contribution is 5.83. The molecule has 7 nitrogen and oxygen atoms in total. The largest absolute Gasteiger partial charge is 0.336 e. The van der Waals surface area contributed by atoms with E-state index in [-0.39, 0.29) is 11.3 Å². The fourth-order valence-electron chi connectivity index (χ4n) is 5.02. The first kappa shape index (κ1) is 24.8. The molecule has 0 spiro atoms. The molecule has 3 heterocycles. The van der Waals surface area contributed by atoms with Crippen molar-refractivity contribution in [1.29, 1.82) is 0 Å². The van der Waals surface area contributed by atoms with Gasteiger partial charge in [0.1, 0.15) is 12.6 Å². The summed E-state index contributed by atoms with van der Waals surface area (Å²) in [6.07, 6.45) is 4.39. The number of hydrogen-bond acceptors (Lipinski definition) is 5. The predicted molar refractivity (Wildman–Crippen MR) is 145 cm³/mol. The highest BCUT2D eigenvalue weighted by atomic mass is 16.2. The van der Waals surface area contributed by atoms with Crippen molar-refractivity contribution in [2.24, 2.45) is 5.41 Å². The van der Waals surface area contributed by atoms with Gasteiger partial charge in [0.2, 0.25) is 5.91 Å². The zero-order chi connectivity index (χ0) is 26.2. The van der Waals surface area contributed by atoms with E-state index in [1.807, 2.05) is 39.9 Å². The summed E-state index contributed by atoms with van der Waals surface area (Å²) in [6.45, 7) is 12.4. The second-order valence-corrected chi connectivity index (χ2v) is 11.1. The predicted octanol–water partition coefficient (Wildman–Crippen LogP) is 4.87. The summed E-state index contributed by atoms with van der Waals surface area (Å²) in [5, 5.41) is 4.40. The Morgan fingerprint density at radius 1 is 0.973 bits per heavy atom. The molecule has 0 radical (unpaired) electrons.